The highest BCUT2D eigenvalue weighted by Gasteiger charge is 2.12. The van der Waals surface area contributed by atoms with Gasteiger partial charge in [-0.25, -0.2) is 4.98 Å². The molecule has 0 spiro atoms. The van der Waals surface area contributed by atoms with Crippen LogP contribution < -0.4 is 20.7 Å². The van der Waals surface area contributed by atoms with Crippen LogP contribution in [0.2, 0.25) is 0 Å². The maximum Gasteiger partial charge on any atom is 0.223 e. The Hall–Kier alpha value is -4.07. The fourth-order valence-corrected chi connectivity index (χ4v) is 3.82. The Morgan fingerprint density at radius 1 is 1.03 bits per heavy atom. The van der Waals surface area contributed by atoms with Crippen molar-refractivity contribution in [2.75, 3.05) is 37.4 Å². The molecule has 3 N–H and O–H groups in total. The van der Waals surface area contributed by atoms with Crippen molar-refractivity contribution in [3.8, 4) is 17.0 Å². The van der Waals surface area contributed by atoms with E-state index in [0.29, 0.717) is 19.6 Å². The zero-order chi connectivity index (χ0) is 24.5. The number of hydrogen-bond donors (Lipinski definition) is 3. The fourth-order valence-electron chi connectivity index (χ4n) is 3.82. The lowest BCUT2D eigenvalue weighted by molar-refractivity contribution is -0.121. The molecule has 182 valence electrons. The van der Waals surface area contributed by atoms with E-state index in [9.17, 15) is 4.79 Å². The summed E-state index contributed by atoms with van der Waals surface area (Å²) < 4.78 is 7.42. The topological polar surface area (TPSA) is 92.6 Å². The summed E-state index contributed by atoms with van der Waals surface area (Å²) in [6.07, 6.45) is 3.96. The molecule has 1 amide bonds. The molecule has 8 heteroatoms. The van der Waals surface area contributed by atoms with Crippen LogP contribution in [0.1, 0.15) is 24.8 Å². The van der Waals surface area contributed by atoms with E-state index in [0.717, 1.165) is 59.1 Å². The summed E-state index contributed by atoms with van der Waals surface area (Å²) in [5.74, 6) is 1.68. The van der Waals surface area contributed by atoms with Gasteiger partial charge in [0.2, 0.25) is 5.91 Å². The summed E-state index contributed by atoms with van der Waals surface area (Å²) in [6, 6.07) is 19.7. The van der Waals surface area contributed by atoms with Crippen molar-refractivity contribution >= 4 is 23.1 Å². The highest BCUT2D eigenvalue weighted by Crippen LogP contribution is 2.29. The maximum atomic E-state index is 12.0. The smallest absolute Gasteiger partial charge is 0.223 e. The Kier molecular flexibility index (Phi) is 8.17. The van der Waals surface area contributed by atoms with Gasteiger partial charge in [0.15, 0.2) is 5.65 Å². The van der Waals surface area contributed by atoms with Gasteiger partial charge in [0, 0.05) is 43.0 Å². The predicted octanol–water partition coefficient (Wildman–Crippen LogP) is 4.52. The van der Waals surface area contributed by atoms with Crippen LogP contribution in [0.15, 0.2) is 66.9 Å². The summed E-state index contributed by atoms with van der Waals surface area (Å²) in [7, 11) is 1.91. The Morgan fingerprint density at radius 2 is 1.80 bits per heavy atom. The largest absolute Gasteiger partial charge is 0.493 e. The molecule has 0 atom stereocenters. The van der Waals surface area contributed by atoms with Gasteiger partial charge in [-0.15, -0.1) is 0 Å². The molecule has 0 aliphatic rings. The van der Waals surface area contributed by atoms with Gasteiger partial charge >= 0.3 is 0 Å². The standard InChI is InChI=1S/C27H32N6O2/c1-20-19-31-33-25(18-24(32-27(20)33)22-12-6-7-13-23(22)28-2)29-15-8-9-16-30-26(34)14-17-35-21-10-4-3-5-11-21/h3-7,10-13,18-19,28-29H,8-9,14-17H2,1-2H3,(H,30,34). The van der Waals surface area contributed by atoms with Crippen molar-refractivity contribution in [2.24, 2.45) is 0 Å². The number of benzene rings is 2. The van der Waals surface area contributed by atoms with Crippen LogP contribution in [0.3, 0.4) is 0 Å². The summed E-state index contributed by atoms with van der Waals surface area (Å²) in [6.45, 7) is 3.79. The Balaban J connectivity index is 1.26. The van der Waals surface area contributed by atoms with E-state index in [1.165, 1.54) is 0 Å². The minimum absolute atomic E-state index is 0.00425. The van der Waals surface area contributed by atoms with Crippen LogP contribution >= 0.6 is 0 Å². The molecule has 35 heavy (non-hydrogen) atoms. The molecule has 0 aliphatic heterocycles. The van der Waals surface area contributed by atoms with Crippen molar-refractivity contribution in [3.05, 3.63) is 72.4 Å². The number of ether oxygens (including phenoxy) is 1. The summed E-state index contributed by atoms with van der Waals surface area (Å²) in [5, 5.41) is 14.2. The summed E-state index contributed by atoms with van der Waals surface area (Å²) in [5.41, 5.74) is 4.81. The minimum atomic E-state index is 0.00425. The van der Waals surface area contributed by atoms with Gasteiger partial charge in [0.05, 0.1) is 24.9 Å². The number of rotatable bonds is 12. The summed E-state index contributed by atoms with van der Waals surface area (Å²) >= 11 is 0. The first-order valence-corrected chi connectivity index (χ1v) is 12.0. The first kappa shape index (κ1) is 24.1. The number of nitrogens with one attached hydrogen (secondary N) is 3. The van der Waals surface area contributed by atoms with E-state index < -0.39 is 0 Å². The molecular weight excluding hydrogens is 440 g/mol. The SMILES string of the molecule is CNc1ccccc1-c1cc(NCCCCNC(=O)CCOc2ccccc2)n2ncc(C)c2n1. The maximum absolute atomic E-state index is 12.0. The molecule has 4 rings (SSSR count). The van der Waals surface area contributed by atoms with E-state index in [1.807, 2.05) is 79.3 Å². The second kappa shape index (κ2) is 11.9. The molecule has 0 radical (unpaired) electrons. The number of carbonyl (C=O) groups is 1. The summed E-state index contributed by atoms with van der Waals surface area (Å²) in [4.78, 5) is 16.9. The first-order valence-electron chi connectivity index (χ1n) is 12.0. The van der Waals surface area contributed by atoms with Gasteiger partial charge in [-0.05, 0) is 38.0 Å². The number of hydrogen-bond acceptors (Lipinski definition) is 6. The van der Waals surface area contributed by atoms with E-state index in [4.69, 9.17) is 9.72 Å². The number of aromatic nitrogens is 3. The van der Waals surface area contributed by atoms with Gasteiger partial charge in [-0.2, -0.15) is 9.61 Å². The molecule has 0 saturated carbocycles. The number of unbranched alkanes of at least 4 members (excludes halogenated alkanes) is 1. The van der Waals surface area contributed by atoms with Crippen molar-refractivity contribution in [2.45, 2.75) is 26.2 Å². The molecule has 2 heterocycles. The Labute approximate surface area is 205 Å². The molecular formula is C27H32N6O2. The van der Waals surface area contributed by atoms with E-state index in [2.05, 4.69) is 27.1 Å². The highest BCUT2D eigenvalue weighted by molar-refractivity contribution is 5.78. The third kappa shape index (κ3) is 6.29. The first-order chi connectivity index (χ1) is 17.2. The highest BCUT2D eigenvalue weighted by atomic mass is 16.5. The lowest BCUT2D eigenvalue weighted by atomic mass is 10.1. The van der Waals surface area contributed by atoms with E-state index in [1.54, 1.807) is 0 Å². The Morgan fingerprint density at radius 3 is 2.63 bits per heavy atom. The van der Waals surface area contributed by atoms with Crippen LogP contribution in [0, 0.1) is 6.92 Å². The van der Waals surface area contributed by atoms with Crippen molar-refractivity contribution < 1.29 is 9.53 Å². The molecule has 0 aliphatic carbocycles. The molecule has 0 saturated heterocycles. The normalized spacial score (nSPS) is 10.8. The molecule has 8 nitrogen and oxygen atoms in total. The fraction of sp³-hybridized carbons (Fsp3) is 0.296. The van der Waals surface area contributed by atoms with Crippen molar-refractivity contribution in [1.29, 1.82) is 0 Å². The van der Waals surface area contributed by atoms with Gasteiger partial charge < -0.3 is 20.7 Å². The molecule has 4 aromatic rings. The second-order valence-corrected chi connectivity index (χ2v) is 8.28. The van der Waals surface area contributed by atoms with Crippen LogP contribution in [-0.2, 0) is 4.79 Å². The number of aryl methyl sites for hydroxylation is 1. The predicted molar refractivity (Wildman–Crippen MR) is 140 cm³/mol. The molecule has 0 unspecified atom stereocenters. The average molecular weight is 473 g/mol. The average Bonchev–Trinajstić information content (AvgIpc) is 3.27. The van der Waals surface area contributed by atoms with Crippen LogP contribution in [0.25, 0.3) is 16.9 Å². The van der Waals surface area contributed by atoms with Crippen molar-refractivity contribution in [1.82, 2.24) is 19.9 Å². The minimum Gasteiger partial charge on any atom is -0.493 e. The monoisotopic (exact) mass is 472 g/mol. The van der Waals surface area contributed by atoms with Crippen LogP contribution in [0.5, 0.6) is 5.75 Å². The quantitative estimate of drug-likeness (QED) is 0.263. The van der Waals surface area contributed by atoms with Gasteiger partial charge in [0.1, 0.15) is 11.6 Å². The lowest BCUT2D eigenvalue weighted by Gasteiger charge is -2.13. The number of nitrogens with zero attached hydrogens (tertiary/aromatic N) is 3. The van der Waals surface area contributed by atoms with Crippen LogP contribution in [0.4, 0.5) is 11.5 Å². The number of anilines is 2. The lowest BCUT2D eigenvalue weighted by Crippen LogP contribution is -2.26. The van der Waals surface area contributed by atoms with Gasteiger partial charge in [0.25, 0.3) is 0 Å². The zero-order valence-corrected chi connectivity index (χ0v) is 20.3. The van der Waals surface area contributed by atoms with E-state index >= 15 is 0 Å². The number of amides is 1. The van der Waals surface area contributed by atoms with E-state index in [-0.39, 0.29) is 5.91 Å². The molecule has 0 fully saturated rings. The molecule has 0 bridgehead atoms. The molecule has 2 aromatic heterocycles. The van der Waals surface area contributed by atoms with Crippen LogP contribution in [-0.4, -0.2) is 47.2 Å². The van der Waals surface area contributed by atoms with Crippen molar-refractivity contribution in [3.63, 3.8) is 0 Å². The number of carbonyl (C=O) groups excluding carboxylic acids is 1. The Bertz CT molecular complexity index is 1260. The number of para-hydroxylation sites is 2. The third-order valence-electron chi connectivity index (χ3n) is 5.69. The molecule has 2 aromatic carbocycles. The van der Waals surface area contributed by atoms with Gasteiger partial charge in [-0.1, -0.05) is 36.4 Å². The number of fused-ring (bicyclic) bond motifs is 1. The second-order valence-electron chi connectivity index (χ2n) is 8.28. The third-order valence-corrected chi connectivity index (χ3v) is 5.69. The zero-order valence-electron chi connectivity index (χ0n) is 20.3. The van der Waals surface area contributed by atoms with Gasteiger partial charge in [-0.3, -0.25) is 4.79 Å².